The third-order valence-corrected chi connectivity index (χ3v) is 9.35. The van der Waals surface area contributed by atoms with Crippen molar-refractivity contribution in [3.63, 3.8) is 0 Å². The van der Waals surface area contributed by atoms with E-state index in [1.807, 2.05) is 78.9 Å². The molecular weight excluding hydrogens is 596 g/mol. The van der Waals surface area contributed by atoms with Gasteiger partial charge < -0.3 is 24.1 Å². The Balaban J connectivity index is 1.30. The minimum Gasteiger partial charge on any atom is -0.497 e. The molecule has 9 heteroatoms. The van der Waals surface area contributed by atoms with Gasteiger partial charge in [-0.25, -0.2) is 4.79 Å². The molecule has 9 nitrogen and oxygen atoms in total. The molecule has 0 amide bonds. The molecule has 2 aliphatic rings. The molecule has 0 unspecified atom stereocenters. The Morgan fingerprint density at radius 1 is 0.872 bits per heavy atom. The van der Waals surface area contributed by atoms with Crippen LogP contribution in [0.15, 0.2) is 101 Å². The van der Waals surface area contributed by atoms with Crippen LogP contribution in [0.25, 0.3) is 6.08 Å². The monoisotopic (exact) mass is 638 g/mol. The van der Waals surface area contributed by atoms with Gasteiger partial charge in [-0.3, -0.25) is 14.3 Å². The molecule has 47 heavy (non-hydrogen) atoms. The van der Waals surface area contributed by atoms with Crippen molar-refractivity contribution in [2.24, 2.45) is 5.92 Å². The molecule has 6 rings (SSSR count). The molecule has 3 aromatic carbocycles. The second-order valence-corrected chi connectivity index (χ2v) is 12.3. The number of methoxy groups -OCH3 is 2. The molecule has 1 aliphatic heterocycles. The molecule has 0 spiro atoms. The van der Waals surface area contributed by atoms with Crippen molar-refractivity contribution in [1.82, 2.24) is 9.55 Å². The number of aliphatic hydroxyl groups is 1. The zero-order chi connectivity index (χ0) is 32.8. The third kappa shape index (κ3) is 6.98. The van der Waals surface area contributed by atoms with Crippen LogP contribution in [0.1, 0.15) is 67.0 Å². The van der Waals surface area contributed by atoms with Gasteiger partial charge in [0.05, 0.1) is 32.5 Å². The van der Waals surface area contributed by atoms with Crippen molar-refractivity contribution in [3.05, 3.63) is 134 Å². The second kappa shape index (κ2) is 14.5. The largest absolute Gasteiger partial charge is 0.497 e. The molecule has 246 valence electrons. The highest BCUT2D eigenvalue weighted by molar-refractivity contribution is 5.50. The lowest BCUT2D eigenvalue weighted by molar-refractivity contribution is -0.0944. The number of nitrogens with one attached hydrogen (secondary N) is 1. The van der Waals surface area contributed by atoms with E-state index in [1.165, 1.54) is 30.0 Å². The highest BCUT2D eigenvalue weighted by Gasteiger charge is 2.42. The zero-order valence-corrected chi connectivity index (χ0v) is 26.8. The van der Waals surface area contributed by atoms with Crippen molar-refractivity contribution in [2.45, 2.75) is 62.6 Å². The first-order valence-corrected chi connectivity index (χ1v) is 16.3. The van der Waals surface area contributed by atoms with E-state index < -0.39 is 35.3 Å². The standard InChI is InChI=1S/C38H42N2O7/c1-44-31-19-15-29(16-20-31)38(28-11-7-4-8-12-28,30-17-21-32(45-2)22-18-30)46-25-34-33(41)23-35(47-34)40-24-27(36(42)39-37(40)43)14-13-26-9-5-3-6-10-26/h4,7-8,11-22,24,26,33-35,41H,3,5-6,9-10,23,25H2,1-2H3,(H,39,42,43)/t33-,34+,35+/m0/s1. The summed E-state index contributed by atoms with van der Waals surface area (Å²) in [6.45, 7) is 0.0111. The summed E-state index contributed by atoms with van der Waals surface area (Å²) in [5, 5.41) is 11.2. The van der Waals surface area contributed by atoms with Crippen LogP contribution in [0.5, 0.6) is 11.5 Å². The molecular formula is C38H42N2O7. The maximum atomic E-state index is 12.9. The van der Waals surface area contributed by atoms with Gasteiger partial charge >= 0.3 is 5.69 Å². The zero-order valence-electron chi connectivity index (χ0n) is 26.8. The number of benzene rings is 3. The number of aromatic nitrogens is 2. The fraction of sp³-hybridized carbons (Fsp3) is 0.368. The Hall–Kier alpha value is -4.44. The number of hydrogen-bond acceptors (Lipinski definition) is 7. The highest BCUT2D eigenvalue weighted by Crippen LogP contribution is 2.42. The topological polar surface area (TPSA) is 112 Å². The van der Waals surface area contributed by atoms with E-state index in [0.29, 0.717) is 23.0 Å². The summed E-state index contributed by atoms with van der Waals surface area (Å²) >= 11 is 0. The predicted octanol–water partition coefficient (Wildman–Crippen LogP) is 5.80. The predicted molar refractivity (Wildman–Crippen MR) is 180 cm³/mol. The highest BCUT2D eigenvalue weighted by atomic mass is 16.6. The number of hydrogen-bond donors (Lipinski definition) is 2. The van der Waals surface area contributed by atoms with E-state index in [4.69, 9.17) is 18.9 Å². The number of aliphatic hydroxyl groups excluding tert-OH is 1. The summed E-state index contributed by atoms with van der Waals surface area (Å²) in [6.07, 6.45) is 8.94. The van der Waals surface area contributed by atoms with Crippen LogP contribution >= 0.6 is 0 Å². The summed E-state index contributed by atoms with van der Waals surface area (Å²) in [5.41, 5.74) is 0.852. The number of rotatable bonds is 11. The molecule has 0 radical (unpaired) electrons. The lowest BCUT2D eigenvalue weighted by Gasteiger charge is -2.37. The van der Waals surface area contributed by atoms with E-state index in [1.54, 1.807) is 20.3 Å². The molecule has 3 atom stereocenters. The number of ether oxygens (including phenoxy) is 4. The van der Waals surface area contributed by atoms with E-state index in [9.17, 15) is 14.7 Å². The van der Waals surface area contributed by atoms with Crippen molar-refractivity contribution in [1.29, 1.82) is 0 Å². The summed E-state index contributed by atoms with van der Waals surface area (Å²) in [6, 6.07) is 25.3. The molecule has 2 N–H and O–H groups in total. The molecule has 2 fully saturated rings. The average Bonchev–Trinajstić information content (AvgIpc) is 3.49. The van der Waals surface area contributed by atoms with Crippen LogP contribution in [0, 0.1) is 5.92 Å². The van der Waals surface area contributed by atoms with Crippen molar-refractivity contribution in [3.8, 4) is 11.5 Å². The van der Waals surface area contributed by atoms with Gasteiger partial charge in [0.15, 0.2) is 0 Å². The van der Waals surface area contributed by atoms with Crippen LogP contribution in [0.4, 0.5) is 0 Å². The van der Waals surface area contributed by atoms with Gasteiger partial charge in [-0.1, -0.05) is 86.0 Å². The summed E-state index contributed by atoms with van der Waals surface area (Å²) in [5.74, 6) is 1.85. The van der Waals surface area contributed by atoms with E-state index in [2.05, 4.69) is 11.1 Å². The summed E-state index contributed by atoms with van der Waals surface area (Å²) in [7, 11) is 3.25. The molecule has 1 aliphatic carbocycles. The molecule has 1 saturated heterocycles. The fourth-order valence-electron chi connectivity index (χ4n) is 6.72. The lowest BCUT2D eigenvalue weighted by Crippen LogP contribution is -2.38. The Morgan fingerprint density at radius 2 is 1.47 bits per heavy atom. The van der Waals surface area contributed by atoms with E-state index in [0.717, 1.165) is 29.5 Å². The average molecular weight is 639 g/mol. The van der Waals surface area contributed by atoms with Crippen molar-refractivity contribution >= 4 is 6.08 Å². The van der Waals surface area contributed by atoms with Gasteiger partial charge in [-0.05, 0) is 59.7 Å². The first kappa shape index (κ1) is 32.5. The van der Waals surface area contributed by atoms with Crippen molar-refractivity contribution < 1.29 is 24.1 Å². The van der Waals surface area contributed by atoms with Crippen LogP contribution in [-0.4, -0.2) is 47.7 Å². The van der Waals surface area contributed by atoms with Gasteiger partial charge in [0.25, 0.3) is 5.56 Å². The smallest absolute Gasteiger partial charge is 0.330 e. The van der Waals surface area contributed by atoms with Crippen LogP contribution in [0.3, 0.4) is 0 Å². The number of nitrogens with zero attached hydrogens (tertiary/aromatic N) is 1. The molecule has 1 aromatic heterocycles. The lowest BCUT2D eigenvalue weighted by atomic mass is 9.80. The van der Waals surface area contributed by atoms with Crippen molar-refractivity contribution in [2.75, 3.05) is 20.8 Å². The van der Waals surface area contributed by atoms with E-state index in [-0.39, 0.29) is 13.0 Å². The maximum Gasteiger partial charge on any atom is 0.330 e. The first-order valence-electron chi connectivity index (χ1n) is 16.3. The molecule has 4 aromatic rings. The minimum absolute atomic E-state index is 0.0111. The van der Waals surface area contributed by atoms with Gasteiger partial charge in [-0.2, -0.15) is 0 Å². The van der Waals surface area contributed by atoms with Gasteiger partial charge in [0.2, 0.25) is 0 Å². The van der Waals surface area contributed by atoms with E-state index >= 15 is 0 Å². The molecule has 1 saturated carbocycles. The summed E-state index contributed by atoms with van der Waals surface area (Å²) in [4.78, 5) is 28.0. The third-order valence-electron chi connectivity index (χ3n) is 9.35. The molecule has 0 bridgehead atoms. The number of H-pyrrole nitrogens is 1. The van der Waals surface area contributed by atoms with Gasteiger partial charge in [-0.15, -0.1) is 0 Å². The Labute approximate surface area is 274 Å². The first-order chi connectivity index (χ1) is 22.9. The van der Waals surface area contributed by atoms with Gasteiger partial charge in [0.1, 0.15) is 29.4 Å². The van der Waals surface area contributed by atoms with Crippen LogP contribution < -0.4 is 20.7 Å². The minimum atomic E-state index is -1.09. The molecule has 2 heterocycles. The quantitative estimate of drug-likeness (QED) is 0.200. The Kier molecular flexibility index (Phi) is 10.1. The summed E-state index contributed by atoms with van der Waals surface area (Å²) < 4.78 is 25.5. The van der Waals surface area contributed by atoms with Gasteiger partial charge in [0, 0.05) is 12.6 Å². The van der Waals surface area contributed by atoms with Crippen LogP contribution in [0.2, 0.25) is 0 Å². The maximum absolute atomic E-state index is 12.9. The SMILES string of the molecule is COc1ccc(C(OC[C@H]2O[C@@H](n3cc(C=CC4CCCCC4)c(=O)[nH]c3=O)C[C@@H]2O)(c2ccccc2)c2ccc(OC)cc2)cc1. The second-order valence-electron chi connectivity index (χ2n) is 12.3. The number of allylic oxidation sites excluding steroid dienone is 1. The number of aromatic amines is 1. The fourth-order valence-corrected chi connectivity index (χ4v) is 6.72. The normalized spacial score (nSPS) is 20.4. The Bertz CT molecular complexity index is 1710. The van der Waals surface area contributed by atoms with Crippen LogP contribution in [-0.2, 0) is 15.1 Å². The Morgan fingerprint density at radius 3 is 2.06 bits per heavy atom.